The van der Waals surface area contributed by atoms with Crippen LogP contribution in [0.2, 0.25) is 0 Å². The molecule has 0 bridgehead atoms. The van der Waals surface area contributed by atoms with E-state index in [4.69, 9.17) is 9.47 Å². The summed E-state index contributed by atoms with van der Waals surface area (Å²) in [6.07, 6.45) is 1.91. The van der Waals surface area contributed by atoms with Gasteiger partial charge in [-0.15, -0.1) is 0 Å². The number of rotatable bonds is 5. The van der Waals surface area contributed by atoms with E-state index in [1.165, 1.54) is 19.1 Å². The van der Waals surface area contributed by atoms with Crippen molar-refractivity contribution in [1.82, 2.24) is 4.57 Å². The summed E-state index contributed by atoms with van der Waals surface area (Å²) in [5.74, 6) is -0.899. The van der Waals surface area contributed by atoms with Gasteiger partial charge in [-0.05, 0) is 55.3 Å². The van der Waals surface area contributed by atoms with Crippen LogP contribution < -0.4 is 14.4 Å². The van der Waals surface area contributed by atoms with Crippen molar-refractivity contribution in [1.29, 1.82) is 0 Å². The van der Waals surface area contributed by atoms with Crippen LogP contribution in [0.3, 0.4) is 0 Å². The van der Waals surface area contributed by atoms with Gasteiger partial charge in [-0.3, -0.25) is 14.5 Å². The first-order valence-corrected chi connectivity index (χ1v) is 11.9. The molecule has 7 heteroatoms. The first kappa shape index (κ1) is 24.2. The SMILES string of the molecule is COc1ccc(/C(O)=C2\C(=O)C(=O)N(c3ccc(C)c(C)c3)C2c2cn(C)c3ccccc23)c(OC)c1. The van der Waals surface area contributed by atoms with Gasteiger partial charge in [0.25, 0.3) is 11.7 Å². The molecule has 1 aliphatic rings. The first-order chi connectivity index (χ1) is 17.8. The van der Waals surface area contributed by atoms with Gasteiger partial charge in [0.05, 0.1) is 31.4 Å². The fourth-order valence-electron chi connectivity index (χ4n) is 5.00. The monoisotopic (exact) mass is 496 g/mol. The number of hydrogen-bond acceptors (Lipinski definition) is 5. The highest BCUT2D eigenvalue weighted by atomic mass is 16.5. The van der Waals surface area contributed by atoms with Crippen molar-refractivity contribution in [2.24, 2.45) is 7.05 Å². The number of aliphatic hydroxyl groups excluding tert-OH is 1. The number of para-hydroxylation sites is 1. The van der Waals surface area contributed by atoms with Gasteiger partial charge >= 0.3 is 0 Å². The highest BCUT2D eigenvalue weighted by molar-refractivity contribution is 6.52. The van der Waals surface area contributed by atoms with Crippen molar-refractivity contribution < 1.29 is 24.2 Å². The summed E-state index contributed by atoms with van der Waals surface area (Å²) < 4.78 is 12.7. The number of carbonyl (C=O) groups is 2. The van der Waals surface area contributed by atoms with Crippen LogP contribution >= 0.6 is 0 Å². The molecule has 1 N–H and O–H groups in total. The zero-order chi connectivity index (χ0) is 26.4. The Kier molecular flexibility index (Phi) is 5.99. The Labute approximate surface area is 215 Å². The minimum absolute atomic E-state index is 0.00282. The van der Waals surface area contributed by atoms with Crippen molar-refractivity contribution in [3.63, 3.8) is 0 Å². The van der Waals surface area contributed by atoms with Crippen molar-refractivity contribution in [2.45, 2.75) is 19.9 Å². The lowest BCUT2D eigenvalue weighted by Crippen LogP contribution is -2.29. The van der Waals surface area contributed by atoms with Gasteiger partial charge in [0.15, 0.2) is 0 Å². The minimum Gasteiger partial charge on any atom is -0.507 e. The lowest BCUT2D eigenvalue weighted by atomic mass is 9.94. The van der Waals surface area contributed by atoms with E-state index in [0.717, 1.165) is 27.6 Å². The van der Waals surface area contributed by atoms with Crippen LogP contribution in [0.1, 0.15) is 28.3 Å². The van der Waals surface area contributed by atoms with Crippen LogP contribution in [0.4, 0.5) is 5.69 Å². The van der Waals surface area contributed by atoms with E-state index >= 15 is 0 Å². The van der Waals surface area contributed by atoms with Crippen molar-refractivity contribution in [3.05, 3.63) is 94.7 Å². The Morgan fingerprint density at radius 2 is 1.68 bits per heavy atom. The third-order valence-electron chi connectivity index (χ3n) is 7.10. The zero-order valence-electron chi connectivity index (χ0n) is 21.4. The molecule has 1 aliphatic heterocycles. The van der Waals surface area contributed by atoms with Crippen LogP contribution in [-0.4, -0.2) is 35.6 Å². The smallest absolute Gasteiger partial charge is 0.300 e. The number of benzene rings is 3. The highest BCUT2D eigenvalue weighted by Crippen LogP contribution is 2.46. The molecule has 2 heterocycles. The molecule has 188 valence electrons. The van der Waals surface area contributed by atoms with Crippen LogP contribution in [-0.2, 0) is 16.6 Å². The van der Waals surface area contributed by atoms with Crippen LogP contribution in [0.5, 0.6) is 11.5 Å². The van der Waals surface area contributed by atoms with Crippen molar-refractivity contribution >= 4 is 34.0 Å². The Morgan fingerprint density at radius 1 is 0.919 bits per heavy atom. The molecule has 5 rings (SSSR count). The number of hydrogen-bond donors (Lipinski definition) is 1. The maximum absolute atomic E-state index is 13.6. The molecular weight excluding hydrogens is 468 g/mol. The van der Waals surface area contributed by atoms with E-state index in [1.807, 2.05) is 74.1 Å². The summed E-state index contributed by atoms with van der Waals surface area (Å²) in [5, 5.41) is 12.5. The molecule has 1 unspecified atom stereocenters. The average molecular weight is 497 g/mol. The number of carbonyl (C=O) groups excluding carboxylic acids is 2. The third-order valence-corrected chi connectivity index (χ3v) is 7.10. The predicted molar refractivity (Wildman–Crippen MR) is 143 cm³/mol. The fraction of sp³-hybridized carbons (Fsp3) is 0.200. The number of nitrogens with zero attached hydrogens (tertiary/aromatic N) is 2. The van der Waals surface area contributed by atoms with Crippen molar-refractivity contribution in [3.8, 4) is 11.5 Å². The molecule has 1 amide bonds. The molecule has 1 aromatic heterocycles. The van der Waals surface area contributed by atoms with E-state index in [1.54, 1.807) is 18.2 Å². The molecule has 0 radical (unpaired) electrons. The van der Waals surface area contributed by atoms with Crippen molar-refractivity contribution in [2.75, 3.05) is 19.1 Å². The molecule has 1 fully saturated rings. The van der Waals surface area contributed by atoms with Gasteiger partial charge < -0.3 is 19.1 Å². The second kappa shape index (κ2) is 9.17. The van der Waals surface area contributed by atoms with E-state index in [-0.39, 0.29) is 11.3 Å². The number of anilines is 1. The Balaban J connectivity index is 1.81. The van der Waals surface area contributed by atoms with E-state index in [2.05, 4.69) is 0 Å². The zero-order valence-corrected chi connectivity index (χ0v) is 21.4. The third kappa shape index (κ3) is 3.83. The molecule has 0 spiro atoms. The number of amides is 1. The maximum atomic E-state index is 13.6. The summed E-state index contributed by atoms with van der Waals surface area (Å²) in [4.78, 5) is 28.7. The van der Waals surface area contributed by atoms with Crippen LogP contribution in [0.25, 0.3) is 16.7 Å². The molecule has 1 saturated heterocycles. The van der Waals surface area contributed by atoms with Gasteiger partial charge in [0.2, 0.25) is 0 Å². The number of aliphatic hydroxyl groups is 1. The topological polar surface area (TPSA) is 81.0 Å². The van der Waals surface area contributed by atoms with Gasteiger partial charge in [-0.1, -0.05) is 24.3 Å². The summed E-state index contributed by atoms with van der Waals surface area (Å²) in [6.45, 7) is 3.95. The quantitative estimate of drug-likeness (QED) is 0.226. The first-order valence-electron chi connectivity index (χ1n) is 11.9. The lowest BCUT2D eigenvalue weighted by molar-refractivity contribution is -0.132. The predicted octanol–water partition coefficient (Wildman–Crippen LogP) is 5.44. The minimum atomic E-state index is -0.847. The van der Waals surface area contributed by atoms with Crippen LogP contribution in [0, 0.1) is 13.8 Å². The number of aromatic nitrogens is 1. The number of Topliss-reactive ketones (excluding diaryl/α,β-unsaturated/α-hetero) is 1. The highest BCUT2D eigenvalue weighted by Gasteiger charge is 2.48. The van der Waals surface area contributed by atoms with Gasteiger partial charge in [0, 0.05) is 41.5 Å². The molecular formula is C30H28N2O5. The largest absolute Gasteiger partial charge is 0.507 e. The number of ether oxygens (including phenoxy) is 2. The van der Waals surface area contributed by atoms with Gasteiger partial charge in [-0.25, -0.2) is 0 Å². The molecule has 0 saturated carbocycles. The van der Waals surface area contributed by atoms with E-state index in [0.29, 0.717) is 22.7 Å². The summed E-state index contributed by atoms with van der Waals surface area (Å²) in [6, 6.07) is 17.5. The molecule has 7 nitrogen and oxygen atoms in total. The molecule has 0 aliphatic carbocycles. The second-order valence-corrected chi connectivity index (χ2v) is 9.22. The lowest BCUT2D eigenvalue weighted by Gasteiger charge is -2.25. The van der Waals surface area contributed by atoms with Crippen LogP contribution in [0.15, 0.2) is 72.4 Å². The summed E-state index contributed by atoms with van der Waals surface area (Å²) >= 11 is 0. The summed E-state index contributed by atoms with van der Waals surface area (Å²) in [5.41, 5.74) is 4.64. The second-order valence-electron chi connectivity index (χ2n) is 9.22. The standard InChI is InChI=1S/C30H28N2O5/c1-17-10-11-19(14-18(17)2)32-27(23-16-31(3)24-9-7-6-8-21(23)24)26(29(34)30(32)35)28(33)22-13-12-20(36-4)15-25(22)37-5/h6-16,27,33H,1-5H3/b28-26+. The maximum Gasteiger partial charge on any atom is 0.300 e. The average Bonchev–Trinajstić information content (AvgIpc) is 3.38. The van der Waals surface area contributed by atoms with Gasteiger partial charge in [0.1, 0.15) is 17.3 Å². The van der Waals surface area contributed by atoms with Gasteiger partial charge in [-0.2, -0.15) is 0 Å². The fourth-order valence-corrected chi connectivity index (χ4v) is 5.00. The Hall–Kier alpha value is -4.52. The number of aryl methyl sites for hydroxylation is 3. The summed E-state index contributed by atoms with van der Waals surface area (Å²) in [7, 11) is 4.92. The number of ketones is 1. The Bertz CT molecular complexity index is 1600. The Morgan fingerprint density at radius 3 is 2.38 bits per heavy atom. The molecule has 37 heavy (non-hydrogen) atoms. The number of methoxy groups -OCH3 is 2. The van der Waals surface area contributed by atoms with E-state index in [9.17, 15) is 14.7 Å². The molecule has 4 aromatic rings. The number of fused-ring (bicyclic) bond motifs is 1. The van der Waals surface area contributed by atoms with E-state index < -0.39 is 17.7 Å². The molecule has 1 atom stereocenters. The molecule has 3 aromatic carbocycles. The normalized spacial score (nSPS) is 17.0.